The molecule has 1 N–H and O–H groups in total. The van der Waals surface area contributed by atoms with Gasteiger partial charge in [0.1, 0.15) is 4.88 Å². The number of hydrogen-bond acceptors (Lipinski definition) is 2. The second-order valence-electron chi connectivity index (χ2n) is 5.94. The van der Waals surface area contributed by atoms with Crippen molar-refractivity contribution >= 4 is 38.9 Å². The number of halogens is 1. The molecule has 2 rings (SSSR count). The minimum absolute atomic E-state index is 0.0572. The molecule has 0 spiro atoms. The normalized spacial score (nSPS) is 12.8. The minimum atomic E-state index is -0.0572. The van der Waals surface area contributed by atoms with Gasteiger partial charge in [0.15, 0.2) is 0 Å². The highest BCUT2D eigenvalue weighted by atomic mass is 35.5. The molecule has 0 aliphatic heterocycles. The van der Waals surface area contributed by atoms with Gasteiger partial charge in [-0.1, -0.05) is 56.5 Å². The van der Waals surface area contributed by atoms with E-state index in [-0.39, 0.29) is 11.9 Å². The maximum Gasteiger partial charge on any atom is 0.263 e. The smallest absolute Gasteiger partial charge is 0.263 e. The van der Waals surface area contributed by atoms with Crippen molar-refractivity contribution in [2.24, 2.45) is 5.92 Å². The van der Waals surface area contributed by atoms with Crippen molar-refractivity contribution in [2.45, 2.75) is 46.1 Å². The number of carbonyl (C=O) groups excluding carboxylic acids is 1. The van der Waals surface area contributed by atoms with Gasteiger partial charge in [-0.3, -0.25) is 4.79 Å². The predicted octanol–water partition coefficient (Wildman–Crippen LogP) is 5.50. The Labute approximate surface area is 135 Å². The summed E-state index contributed by atoms with van der Waals surface area (Å²) in [6, 6.07) is 8.03. The van der Waals surface area contributed by atoms with Gasteiger partial charge in [-0.15, -0.1) is 11.3 Å². The molecule has 0 bridgehead atoms. The standard InChI is InChI=1S/C17H22ClNOS/c1-11(2)7-6-8-12(3)19-17(20)16-15(18)13-9-4-5-10-14(13)21-16/h4-5,9-12H,6-8H2,1-3H3,(H,19,20). The number of carbonyl (C=O) groups is 1. The second kappa shape index (κ2) is 7.28. The van der Waals surface area contributed by atoms with E-state index in [2.05, 4.69) is 26.1 Å². The average Bonchev–Trinajstić information content (AvgIpc) is 2.76. The van der Waals surface area contributed by atoms with Crippen LogP contribution in [0, 0.1) is 5.92 Å². The molecule has 1 atom stereocenters. The summed E-state index contributed by atoms with van der Waals surface area (Å²) in [7, 11) is 0. The van der Waals surface area contributed by atoms with Crippen molar-refractivity contribution in [2.75, 3.05) is 0 Å². The van der Waals surface area contributed by atoms with Crippen molar-refractivity contribution in [3.63, 3.8) is 0 Å². The number of thiophene rings is 1. The van der Waals surface area contributed by atoms with E-state index in [0.29, 0.717) is 15.8 Å². The molecule has 2 aromatic rings. The Bertz CT molecular complexity index is 620. The molecule has 1 aromatic heterocycles. The Balaban J connectivity index is 2.00. The Morgan fingerprint density at radius 2 is 1.95 bits per heavy atom. The summed E-state index contributed by atoms with van der Waals surface area (Å²) in [4.78, 5) is 13.0. The van der Waals surface area contributed by atoms with Crippen LogP contribution in [-0.4, -0.2) is 11.9 Å². The summed E-state index contributed by atoms with van der Waals surface area (Å²) in [6.07, 6.45) is 3.34. The average molecular weight is 324 g/mol. The number of hydrogen-bond donors (Lipinski definition) is 1. The number of fused-ring (bicyclic) bond motifs is 1. The first kappa shape index (κ1) is 16.3. The van der Waals surface area contributed by atoms with Crippen LogP contribution in [0.15, 0.2) is 24.3 Å². The molecule has 1 aromatic carbocycles. The fourth-order valence-corrected chi connectivity index (χ4v) is 3.77. The van der Waals surface area contributed by atoms with Gasteiger partial charge in [0.05, 0.1) is 5.02 Å². The van der Waals surface area contributed by atoms with E-state index in [0.717, 1.165) is 22.9 Å². The number of nitrogens with one attached hydrogen (secondary N) is 1. The van der Waals surface area contributed by atoms with Crippen LogP contribution in [0.3, 0.4) is 0 Å². The zero-order valence-electron chi connectivity index (χ0n) is 12.8. The van der Waals surface area contributed by atoms with E-state index in [1.165, 1.54) is 17.8 Å². The summed E-state index contributed by atoms with van der Waals surface area (Å²) >= 11 is 7.79. The summed E-state index contributed by atoms with van der Waals surface area (Å²) in [5.74, 6) is 0.656. The first-order valence-corrected chi connectivity index (χ1v) is 8.66. The fourth-order valence-electron chi connectivity index (χ4n) is 2.35. The molecular weight excluding hydrogens is 302 g/mol. The van der Waals surface area contributed by atoms with Gasteiger partial charge in [0, 0.05) is 16.1 Å². The van der Waals surface area contributed by atoms with Crippen LogP contribution in [0.4, 0.5) is 0 Å². The van der Waals surface area contributed by atoms with Gasteiger partial charge in [-0.05, 0) is 25.3 Å². The van der Waals surface area contributed by atoms with Crippen LogP contribution in [0.2, 0.25) is 5.02 Å². The molecule has 21 heavy (non-hydrogen) atoms. The molecule has 0 aliphatic carbocycles. The summed E-state index contributed by atoms with van der Waals surface area (Å²) in [5.41, 5.74) is 0. The maximum atomic E-state index is 12.4. The Kier molecular flexibility index (Phi) is 5.65. The van der Waals surface area contributed by atoms with Crippen molar-refractivity contribution in [1.29, 1.82) is 0 Å². The molecule has 1 heterocycles. The highest BCUT2D eigenvalue weighted by Gasteiger charge is 2.18. The van der Waals surface area contributed by atoms with Gasteiger partial charge in [0.25, 0.3) is 5.91 Å². The van der Waals surface area contributed by atoms with Crippen LogP contribution in [0.25, 0.3) is 10.1 Å². The lowest BCUT2D eigenvalue weighted by molar-refractivity contribution is 0.0942. The molecule has 1 amide bonds. The molecular formula is C17H22ClNOS. The molecule has 0 saturated carbocycles. The highest BCUT2D eigenvalue weighted by Crippen LogP contribution is 2.35. The predicted molar refractivity (Wildman–Crippen MR) is 92.5 cm³/mol. The Hall–Kier alpha value is -1.06. The van der Waals surface area contributed by atoms with Crippen LogP contribution in [0.1, 0.15) is 49.7 Å². The monoisotopic (exact) mass is 323 g/mol. The van der Waals surface area contributed by atoms with E-state index in [9.17, 15) is 4.79 Å². The first-order valence-electron chi connectivity index (χ1n) is 7.47. The topological polar surface area (TPSA) is 29.1 Å². The van der Waals surface area contributed by atoms with Crippen LogP contribution >= 0.6 is 22.9 Å². The number of amides is 1. The van der Waals surface area contributed by atoms with E-state index in [1.807, 2.05) is 24.3 Å². The Morgan fingerprint density at radius 1 is 1.24 bits per heavy atom. The van der Waals surface area contributed by atoms with E-state index in [1.54, 1.807) is 0 Å². The summed E-state index contributed by atoms with van der Waals surface area (Å²) < 4.78 is 1.06. The van der Waals surface area contributed by atoms with Crippen molar-refractivity contribution in [1.82, 2.24) is 5.32 Å². The van der Waals surface area contributed by atoms with E-state index >= 15 is 0 Å². The van der Waals surface area contributed by atoms with Gasteiger partial charge in [0.2, 0.25) is 0 Å². The lowest BCUT2D eigenvalue weighted by Gasteiger charge is -2.14. The molecule has 114 valence electrons. The lowest BCUT2D eigenvalue weighted by atomic mass is 10.0. The molecule has 4 heteroatoms. The SMILES string of the molecule is CC(C)CCCC(C)NC(=O)c1sc2ccccc2c1Cl. The molecule has 0 fully saturated rings. The molecule has 0 saturated heterocycles. The number of rotatable bonds is 6. The van der Waals surface area contributed by atoms with Gasteiger partial charge < -0.3 is 5.32 Å². The fraction of sp³-hybridized carbons (Fsp3) is 0.471. The molecule has 1 unspecified atom stereocenters. The third kappa shape index (κ3) is 4.21. The minimum Gasteiger partial charge on any atom is -0.349 e. The lowest BCUT2D eigenvalue weighted by Crippen LogP contribution is -2.32. The van der Waals surface area contributed by atoms with E-state index in [4.69, 9.17) is 11.6 Å². The third-order valence-electron chi connectivity index (χ3n) is 3.54. The third-order valence-corrected chi connectivity index (χ3v) is 5.21. The second-order valence-corrected chi connectivity index (χ2v) is 7.37. The van der Waals surface area contributed by atoms with Gasteiger partial charge in [-0.25, -0.2) is 0 Å². The zero-order valence-corrected chi connectivity index (χ0v) is 14.4. The quantitative estimate of drug-likeness (QED) is 0.747. The van der Waals surface area contributed by atoms with Gasteiger partial charge >= 0.3 is 0 Å². The van der Waals surface area contributed by atoms with Crippen LogP contribution < -0.4 is 5.32 Å². The van der Waals surface area contributed by atoms with Crippen LogP contribution in [0.5, 0.6) is 0 Å². The molecule has 0 aliphatic rings. The Morgan fingerprint density at radius 3 is 2.62 bits per heavy atom. The van der Waals surface area contributed by atoms with E-state index < -0.39 is 0 Å². The first-order chi connectivity index (χ1) is 9.99. The zero-order chi connectivity index (χ0) is 15.4. The van der Waals surface area contributed by atoms with Crippen molar-refractivity contribution in [3.05, 3.63) is 34.2 Å². The van der Waals surface area contributed by atoms with Crippen molar-refractivity contribution in [3.8, 4) is 0 Å². The highest BCUT2D eigenvalue weighted by molar-refractivity contribution is 7.21. The maximum absolute atomic E-state index is 12.4. The largest absolute Gasteiger partial charge is 0.349 e. The number of benzene rings is 1. The van der Waals surface area contributed by atoms with Gasteiger partial charge in [-0.2, -0.15) is 0 Å². The summed E-state index contributed by atoms with van der Waals surface area (Å²) in [5, 5.41) is 4.59. The summed E-state index contributed by atoms with van der Waals surface area (Å²) in [6.45, 7) is 6.50. The van der Waals surface area contributed by atoms with Crippen LogP contribution in [-0.2, 0) is 0 Å². The molecule has 0 radical (unpaired) electrons. The molecule has 2 nitrogen and oxygen atoms in total. The van der Waals surface area contributed by atoms with Crippen molar-refractivity contribution < 1.29 is 4.79 Å².